The van der Waals surface area contributed by atoms with E-state index in [0.29, 0.717) is 11.4 Å². The molecule has 0 aliphatic heterocycles. The van der Waals surface area contributed by atoms with Crippen LogP contribution in [0.5, 0.6) is 0 Å². The summed E-state index contributed by atoms with van der Waals surface area (Å²) in [6, 6.07) is 0. The van der Waals surface area contributed by atoms with Crippen molar-refractivity contribution in [2.75, 3.05) is 17.7 Å². The second kappa shape index (κ2) is 4.96. The molecule has 15 heavy (non-hydrogen) atoms. The van der Waals surface area contributed by atoms with Gasteiger partial charge in [-0.25, -0.2) is 0 Å². The van der Waals surface area contributed by atoms with Crippen molar-refractivity contribution in [3.05, 3.63) is 20.4 Å². The fraction of sp³-hybridized carbons (Fsp3) is 0.636. The normalized spacial score (nSPS) is 10.5. The maximum atomic E-state index is 11.1. The molecule has 0 aromatic heterocycles. The van der Waals surface area contributed by atoms with Gasteiger partial charge in [0, 0.05) is 12.6 Å². The van der Waals surface area contributed by atoms with Crippen LogP contribution in [0.2, 0.25) is 0 Å². The maximum absolute atomic E-state index is 11.1. The predicted octanol–water partition coefficient (Wildman–Crippen LogP) is 1.56. The molecule has 0 aliphatic carbocycles. The second-order valence-electron chi connectivity index (χ2n) is 4.03. The van der Waals surface area contributed by atoms with E-state index in [1.54, 1.807) is 7.05 Å². The maximum Gasteiger partial charge on any atom is 0.253 e. The summed E-state index contributed by atoms with van der Waals surface area (Å²) in [5.74, 6) is 0. The summed E-state index contributed by atoms with van der Waals surface area (Å²) < 4.78 is 0. The van der Waals surface area contributed by atoms with E-state index in [4.69, 9.17) is 0 Å². The minimum absolute atomic E-state index is 0.201. The highest BCUT2D eigenvalue weighted by molar-refractivity contribution is 5.74. The zero-order valence-electron chi connectivity index (χ0n) is 10.3. The summed E-state index contributed by atoms with van der Waals surface area (Å²) in [4.78, 5) is 22.1. The Kier molecular flexibility index (Phi) is 4.52. The van der Waals surface area contributed by atoms with Gasteiger partial charge in [-0.15, -0.1) is 0 Å². The molecule has 0 heterocycles. The Morgan fingerprint density at radius 1 is 0.933 bits per heavy atom. The summed E-state index contributed by atoms with van der Waals surface area (Å²) in [6.45, 7) is 9.80. The van der Waals surface area contributed by atoms with Crippen LogP contribution in [0.1, 0.15) is 34.6 Å². The summed E-state index contributed by atoms with van der Waals surface area (Å²) in [6.07, 6.45) is 0. The molecule has 1 aromatic carbocycles. The Morgan fingerprint density at radius 3 is 1.67 bits per heavy atom. The van der Waals surface area contributed by atoms with E-state index < -0.39 is 10.9 Å². The molecule has 0 amide bonds. The monoisotopic (exact) mass is 212 g/mol. The Labute approximate surface area is 90.4 Å². The standard InChI is InChI=1S/C9H14N2O2.C2H6/c1-9(2,3)11-6-5(10-4)7(12)8(6)13;1-2/h10-11H,1-4H3;1-2H3. The molecular formula is C11H20N2O2. The van der Waals surface area contributed by atoms with E-state index in [1.807, 2.05) is 34.6 Å². The Bertz CT molecular complexity index is 382. The second-order valence-corrected chi connectivity index (χ2v) is 4.03. The van der Waals surface area contributed by atoms with Gasteiger partial charge in [-0.1, -0.05) is 13.8 Å². The van der Waals surface area contributed by atoms with Crippen molar-refractivity contribution in [2.24, 2.45) is 0 Å². The summed E-state index contributed by atoms with van der Waals surface area (Å²) >= 11 is 0. The van der Waals surface area contributed by atoms with Crippen LogP contribution in [0, 0.1) is 0 Å². The Hall–Kier alpha value is -1.32. The molecule has 0 radical (unpaired) electrons. The van der Waals surface area contributed by atoms with Gasteiger partial charge in [-0.3, -0.25) is 9.59 Å². The first kappa shape index (κ1) is 13.7. The molecule has 1 rings (SSSR count). The van der Waals surface area contributed by atoms with Gasteiger partial charge in [0.2, 0.25) is 0 Å². The van der Waals surface area contributed by atoms with Gasteiger partial charge in [-0.2, -0.15) is 0 Å². The minimum Gasteiger partial charge on any atom is -0.383 e. The molecule has 1 aromatic rings. The molecule has 0 fully saturated rings. The lowest BCUT2D eigenvalue weighted by molar-refractivity contribution is 0.632. The first-order valence-corrected chi connectivity index (χ1v) is 5.16. The average Bonchev–Trinajstić information content (AvgIpc) is 2.18. The topological polar surface area (TPSA) is 58.2 Å². The fourth-order valence-electron chi connectivity index (χ4n) is 1.12. The highest BCUT2D eigenvalue weighted by Gasteiger charge is 2.23. The van der Waals surface area contributed by atoms with Crippen LogP contribution in [-0.4, -0.2) is 12.6 Å². The zero-order valence-corrected chi connectivity index (χ0v) is 10.3. The molecule has 0 saturated carbocycles. The minimum atomic E-state index is -0.436. The number of hydrogen-bond donors (Lipinski definition) is 2. The number of nitrogens with one attached hydrogen (secondary N) is 2. The largest absolute Gasteiger partial charge is 0.383 e. The smallest absolute Gasteiger partial charge is 0.253 e. The van der Waals surface area contributed by atoms with Crippen LogP contribution in [0.3, 0.4) is 0 Å². The summed E-state index contributed by atoms with van der Waals surface area (Å²) in [5, 5.41) is 5.68. The lowest BCUT2D eigenvalue weighted by Gasteiger charge is -2.24. The van der Waals surface area contributed by atoms with Crippen LogP contribution >= 0.6 is 0 Å². The van der Waals surface area contributed by atoms with Gasteiger partial charge in [0.15, 0.2) is 0 Å². The third-order valence-electron chi connectivity index (χ3n) is 1.66. The van der Waals surface area contributed by atoms with E-state index in [0.717, 1.165) is 0 Å². The van der Waals surface area contributed by atoms with Crippen LogP contribution in [0.4, 0.5) is 11.4 Å². The number of hydrogen-bond acceptors (Lipinski definition) is 4. The molecule has 2 N–H and O–H groups in total. The predicted molar refractivity (Wildman–Crippen MR) is 65.6 cm³/mol. The molecule has 4 nitrogen and oxygen atoms in total. The third-order valence-corrected chi connectivity index (χ3v) is 1.66. The first-order valence-electron chi connectivity index (χ1n) is 5.16. The number of rotatable bonds is 2. The van der Waals surface area contributed by atoms with E-state index in [-0.39, 0.29) is 5.54 Å². The van der Waals surface area contributed by atoms with Crippen molar-refractivity contribution in [3.8, 4) is 0 Å². The molecule has 0 aliphatic rings. The first-order chi connectivity index (χ1) is 6.87. The van der Waals surface area contributed by atoms with E-state index >= 15 is 0 Å². The van der Waals surface area contributed by atoms with Crippen molar-refractivity contribution < 1.29 is 0 Å². The van der Waals surface area contributed by atoms with Crippen molar-refractivity contribution in [1.29, 1.82) is 0 Å². The zero-order chi connectivity index (χ0) is 12.2. The SMILES string of the molecule is CC.CNc1c(NC(C)(C)C)c(=O)c1=O. The molecule has 4 heteroatoms. The van der Waals surface area contributed by atoms with Crippen molar-refractivity contribution in [2.45, 2.75) is 40.2 Å². The van der Waals surface area contributed by atoms with Crippen LogP contribution in [-0.2, 0) is 0 Å². The van der Waals surface area contributed by atoms with Crippen molar-refractivity contribution >= 4 is 11.4 Å². The number of anilines is 2. The fourth-order valence-corrected chi connectivity index (χ4v) is 1.12. The lowest BCUT2D eigenvalue weighted by Crippen LogP contribution is -2.41. The van der Waals surface area contributed by atoms with Gasteiger partial charge >= 0.3 is 0 Å². The average molecular weight is 212 g/mol. The van der Waals surface area contributed by atoms with Gasteiger partial charge in [0.1, 0.15) is 11.4 Å². The Morgan fingerprint density at radius 2 is 1.33 bits per heavy atom. The summed E-state index contributed by atoms with van der Waals surface area (Å²) in [5.41, 5.74) is -0.276. The molecule has 0 atom stereocenters. The Balaban J connectivity index is 0.000000921. The van der Waals surface area contributed by atoms with Crippen LogP contribution < -0.4 is 21.5 Å². The van der Waals surface area contributed by atoms with Crippen molar-refractivity contribution in [3.63, 3.8) is 0 Å². The van der Waals surface area contributed by atoms with Crippen LogP contribution in [0.25, 0.3) is 0 Å². The van der Waals surface area contributed by atoms with E-state index in [2.05, 4.69) is 10.6 Å². The van der Waals surface area contributed by atoms with Gasteiger partial charge < -0.3 is 10.6 Å². The third kappa shape index (κ3) is 3.08. The lowest BCUT2D eigenvalue weighted by atomic mass is 10.1. The van der Waals surface area contributed by atoms with Crippen LogP contribution in [0.15, 0.2) is 9.59 Å². The molecular weight excluding hydrogens is 192 g/mol. The van der Waals surface area contributed by atoms with Crippen molar-refractivity contribution in [1.82, 2.24) is 0 Å². The summed E-state index contributed by atoms with van der Waals surface area (Å²) in [7, 11) is 1.63. The van der Waals surface area contributed by atoms with E-state index in [9.17, 15) is 9.59 Å². The molecule has 0 bridgehead atoms. The molecule has 86 valence electrons. The van der Waals surface area contributed by atoms with E-state index in [1.165, 1.54) is 0 Å². The van der Waals surface area contributed by atoms with Gasteiger partial charge in [-0.05, 0) is 20.8 Å². The highest BCUT2D eigenvalue weighted by atomic mass is 16.2. The highest BCUT2D eigenvalue weighted by Crippen LogP contribution is 2.18. The quantitative estimate of drug-likeness (QED) is 0.730. The molecule has 0 unspecified atom stereocenters. The van der Waals surface area contributed by atoms with Gasteiger partial charge in [0.05, 0.1) is 0 Å². The molecule has 0 spiro atoms. The van der Waals surface area contributed by atoms with Gasteiger partial charge in [0.25, 0.3) is 10.9 Å². The molecule has 0 saturated heterocycles.